The molecular formula is C20H21ClF3N3O2. The van der Waals surface area contributed by atoms with Crippen molar-refractivity contribution in [2.45, 2.75) is 46.1 Å². The minimum absolute atomic E-state index is 0.0612. The summed E-state index contributed by atoms with van der Waals surface area (Å²) in [5.41, 5.74) is 1.95. The number of ether oxygens (including phenoxy) is 1. The van der Waals surface area contributed by atoms with Gasteiger partial charge in [-0.1, -0.05) is 25.4 Å². The van der Waals surface area contributed by atoms with Crippen LogP contribution in [0.15, 0.2) is 23.0 Å². The summed E-state index contributed by atoms with van der Waals surface area (Å²) >= 11 is 6.18. The monoisotopic (exact) mass is 427 g/mol. The number of fused-ring (bicyclic) bond motifs is 1. The SMILES string of the molecule is CCC(CC)c1cc(C)n2nc(-c3cc(F)c(OC(F)F)cc3Cl)n(C)c(=O)c12. The number of hydrogen-bond acceptors (Lipinski definition) is 3. The lowest BCUT2D eigenvalue weighted by Crippen LogP contribution is -2.24. The molecule has 9 heteroatoms. The molecule has 2 aromatic heterocycles. The van der Waals surface area contributed by atoms with Crippen LogP contribution >= 0.6 is 11.6 Å². The standard InChI is InChI=1S/C20H21ClF3N3O2/c1-5-11(6-2)12-7-10(3)27-17(12)19(28)26(4)18(25-27)13-8-15(22)16(9-14(13)21)29-20(23)24/h7-9,11,20H,5-6H2,1-4H3. The van der Waals surface area contributed by atoms with E-state index in [9.17, 15) is 18.0 Å². The highest BCUT2D eigenvalue weighted by Gasteiger charge is 2.22. The van der Waals surface area contributed by atoms with Crippen LogP contribution in [0, 0.1) is 12.7 Å². The van der Waals surface area contributed by atoms with Crippen LogP contribution in [0.5, 0.6) is 5.75 Å². The number of aryl methyl sites for hydroxylation is 1. The van der Waals surface area contributed by atoms with Gasteiger partial charge in [-0.3, -0.25) is 9.36 Å². The van der Waals surface area contributed by atoms with Gasteiger partial charge in [0.15, 0.2) is 17.4 Å². The lowest BCUT2D eigenvalue weighted by atomic mass is 9.95. The summed E-state index contributed by atoms with van der Waals surface area (Å²) in [4.78, 5) is 13.1. The Kier molecular flexibility index (Phi) is 5.93. The Morgan fingerprint density at radius 2 is 1.86 bits per heavy atom. The van der Waals surface area contributed by atoms with Crippen LogP contribution in [0.4, 0.5) is 13.2 Å². The number of benzene rings is 1. The van der Waals surface area contributed by atoms with E-state index in [0.717, 1.165) is 36.2 Å². The molecule has 0 aliphatic carbocycles. The first-order valence-electron chi connectivity index (χ1n) is 9.23. The van der Waals surface area contributed by atoms with Gasteiger partial charge in [0.1, 0.15) is 5.52 Å². The second-order valence-electron chi connectivity index (χ2n) is 6.84. The second-order valence-corrected chi connectivity index (χ2v) is 7.25. The molecule has 0 amide bonds. The van der Waals surface area contributed by atoms with Crippen molar-refractivity contribution in [3.8, 4) is 17.1 Å². The Labute approximate surface area is 170 Å². The highest BCUT2D eigenvalue weighted by atomic mass is 35.5. The van der Waals surface area contributed by atoms with Crippen LogP contribution < -0.4 is 10.3 Å². The summed E-state index contributed by atoms with van der Waals surface area (Å²) < 4.78 is 46.1. The third-order valence-electron chi connectivity index (χ3n) is 5.11. The molecule has 1 aromatic carbocycles. The van der Waals surface area contributed by atoms with Crippen LogP contribution in [0.3, 0.4) is 0 Å². The molecule has 0 spiro atoms. The maximum atomic E-state index is 14.3. The minimum atomic E-state index is -3.18. The highest BCUT2D eigenvalue weighted by Crippen LogP contribution is 2.34. The first kappa shape index (κ1) is 21.2. The maximum absolute atomic E-state index is 14.3. The molecule has 0 fully saturated rings. The molecular weight excluding hydrogens is 407 g/mol. The molecule has 0 bridgehead atoms. The van der Waals surface area contributed by atoms with E-state index in [-0.39, 0.29) is 27.9 Å². The van der Waals surface area contributed by atoms with E-state index in [2.05, 4.69) is 23.7 Å². The van der Waals surface area contributed by atoms with Gasteiger partial charge in [-0.05, 0) is 43.4 Å². The van der Waals surface area contributed by atoms with Gasteiger partial charge in [0, 0.05) is 24.4 Å². The van der Waals surface area contributed by atoms with E-state index in [1.54, 1.807) is 0 Å². The number of hydrogen-bond donors (Lipinski definition) is 0. The van der Waals surface area contributed by atoms with Crippen LogP contribution in [0.2, 0.25) is 5.02 Å². The number of rotatable bonds is 6. The fourth-order valence-electron chi connectivity index (χ4n) is 3.57. The number of nitrogens with zero attached hydrogens (tertiary/aromatic N) is 3. The summed E-state index contributed by atoms with van der Waals surface area (Å²) in [6.07, 6.45) is 1.76. The van der Waals surface area contributed by atoms with Crippen molar-refractivity contribution >= 4 is 17.1 Å². The predicted molar refractivity (Wildman–Crippen MR) is 106 cm³/mol. The smallest absolute Gasteiger partial charge is 0.387 e. The van der Waals surface area contributed by atoms with Crippen molar-refractivity contribution in [3.63, 3.8) is 0 Å². The molecule has 0 saturated heterocycles. The largest absolute Gasteiger partial charge is 0.432 e. The lowest BCUT2D eigenvalue weighted by Gasteiger charge is -2.14. The van der Waals surface area contributed by atoms with Crippen molar-refractivity contribution in [2.75, 3.05) is 0 Å². The molecule has 0 radical (unpaired) electrons. The highest BCUT2D eigenvalue weighted by molar-refractivity contribution is 6.33. The Morgan fingerprint density at radius 3 is 2.45 bits per heavy atom. The summed E-state index contributed by atoms with van der Waals surface area (Å²) in [7, 11) is 1.52. The Morgan fingerprint density at radius 1 is 1.21 bits per heavy atom. The fourth-order valence-corrected chi connectivity index (χ4v) is 3.81. The van der Waals surface area contributed by atoms with Gasteiger partial charge in [-0.2, -0.15) is 8.78 Å². The molecule has 0 unspecified atom stereocenters. The lowest BCUT2D eigenvalue weighted by molar-refractivity contribution is -0.0521. The van der Waals surface area contributed by atoms with Crippen LogP contribution in [0.25, 0.3) is 16.9 Å². The Bertz CT molecular complexity index is 1120. The first-order valence-corrected chi connectivity index (χ1v) is 9.60. The zero-order valence-electron chi connectivity index (χ0n) is 16.5. The molecule has 0 atom stereocenters. The summed E-state index contributed by atoms with van der Waals surface area (Å²) in [6, 6.07) is 3.83. The van der Waals surface area contributed by atoms with Crippen molar-refractivity contribution < 1.29 is 17.9 Å². The average molecular weight is 428 g/mol. The van der Waals surface area contributed by atoms with Crippen LogP contribution in [-0.2, 0) is 7.05 Å². The van der Waals surface area contributed by atoms with E-state index in [1.807, 2.05) is 13.0 Å². The van der Waals surface area contributed by atoms with Crippen LogP contribution in [-0.4, -0.2) is 20.8 Å². The predicted octanol–water partition coefficient (Wildman–Crippen LogP) is 5.31. The first-order chi connectivity index (χ1) is 13.7. The molecule has 3 rings (SSSR count). The van der Waals surface area contributed by atoms with Crippen molar-refractivity contribution in [2.24, 2.45) is 7.05 Å². The number of alkyl halides is 2. The summed E-state index contributed by atoms with van der Waals surface area (Å²) in [6.45, 7) is 2.77. The molecule has 5 nitrogen and oxygen atoms in total. The van der Waals surface area contributed by atoms with Gasteiger partial charge in [0.2, 0.25) is 0 Å². The van der Waals surface area contributed by atoms with Crippen molar-refractivity contribution in [1.82, 2.24) is 14.2 Å². The van der Waals surface area contributed by atoms with Gasteiger partial charge in [0.25, 0.3) is 5.56 Å². The Balaban J connectivity index is 2.25. The molecule has 2 heterocycles. The van der Waals surface area contributed by atoms with Gasteiger partial charge < -0.3 is 4.74 Å². The molecule has 156 valence electrons. The van der Waals surface area contributed by atoms with E-state index in [0.29, 0.717) is 5.52 Å². The second kappa shape index (κ2) is 8.10. The molecule has 0 aliphatic rings. The molecule has 29 heavy (non-hydrogen) atoms. The zero-order chi connectivity index (χ0) is 21.5. The van der Waals surface area contributed by atoms with Crippen molar-refractivity contribution in [3.05, 3.63) is 50.7 Å². The van der Waals surface area contributed by atoms with Gasteiger partial charge in [0.05, 0.1) is 5.02 Å². The Hall–Kier alpha value is -2.48. The van der Waals surface area contributed by atoms with E-state index < -0.39 is 18.2 Å². The summed E-state index contributed by atoms with van der Waals surface area (Å²) in [5.74, 6) is -1.37. The van der Waals surface area contributed by atoms with E-state index in [1.165, 1.54) is 16.1 Å². The molecule has 0 N–H and O–H groups in total. The normalized spacial score (nSPS) is 11.8. The molecule has 0 saturated carbocycles. The maximum Gasteiger partial charge on any atom is 0.387 e. The van der Waals surface area contributed by atoms with E-state index in [4.69, 9.17) is 11.6 Å². The third kappa shape index (κ3) is 3.73. The van der Waals surface area contributed by atoms with E-state index >= 15 is 0 Å². The average Bonchev–Trinajstić information content (AvgIpc) is 2.98. The van der Waals surface area contributed by atoms with Crippen LogP contribution in [0.1, 0.15) is 43.9 Å². The number of halogens is 4. The molecule has 0 aliphatic heterocycles. The zero-order valence-corrected chi connectivity index (χ0v) is 17.2. The minimum Gasteiger partial charge on any atom is -0.432 e. The van der Waals surface area contributed by atoms with Gasteiger partial charge >= 0.3 is 6.61 Å². The van der Waals surface area contributed by atoms with Gasteiger partial charge in [-0.25, -0.2) is 8.91 Å². The summed E-state index contributed by atoms with van der Waals surface area (Å²) in [5, 5.41) is 4.45. The topological polar surface area (TPSA) is 48.5 Å². The van der Waals surface area contributed by atoms with Gasteiger partial charge in [-0.15, -0.1) is 5.10 Å². The number of aromatic nitrogens is 3. The quantitative estimate of drug-likeness (QED) is 0.536. The van der Waals surface area contributed by atoms with Crippen molar-refractivity contribution in [1.29, 1.82) is 0 Å². The third-order valence-corrected chi connectivity index (χ3v) is 5.42. The molecule has 3 aromatic rings. The fraction of sp³-hybridized carbons (Fsp3) is 0.400.